The number of carbonyl (C=O) groups excluding carboxylic acids is 2. The van der Waals surface area contributed by atoms with Gasteiger partial charge < -0.3 is 29.5 Å². The van der Waals surface area contributed by atoms with Gasteiger partial charge >= 0.3 is 23.9 Å². The van der Waals surface area contributed by atoms with Gasteiger partial charge in [-0.2, -0.15) is 0 Å². The molecule has 206 valence electrons. The Morgan fingerprint density at radius 2 is 1.00 bits per heavy atom. The maximum absolute atomic E-state index is 12.5. The molecule has 41 heavy (non-hydrogen) atoms. The number of nitro groups is 1. The lowest BCUT2D eigenvalue weighted by atomic mass is 10.1. The Labute approximate surface area is 229 Å². The molecule has 0 spiro atoms. The molecule has 0 atom stereocenters. The standard InChI is InChI=1S/C28H17NO12/c30-16-2-12-22(24(14-16)26(33)34)28(36)41-20-9-5-18(6-10-20)39-17-3-7-19(8-4-17)40-27(35)21-11-1-15(29(37)38)13-23(21)25(31)32/h1-14,30H,(H,31,32)(H,33,34). The first-order valence-electron chi connectivity index (χ1n) is 11.4. The molecule has 0 fully saturated rings. The molecule has 3 N–H and O–H groups in total. The molecule has 0 aliphatic rings. The molecule has 4 aromatic rings. The van der Waals surface area contributed by atoms with Crippen LogP contribution in [0, 0.1) is 10.1 Å². The van der Waals surface area contributed by atoms with E-state index in [4.69, 9.17) is 14.2 Å². The lowest BCUT2D eigenvalue weighted by Gasteiger charge is -2.10. The van der Waals surface area contributed by atoms with Crippen molar-refractivity contribution in [3.05, 3.63) is 117 Å². The second-order valence-corrected chi connectivity index (χ2v) is 8.15. The van der Waals surface area contributed by atoms with Crippen molar-refractivity contribution in [2.24, 2.45) is 0 Å². The summed E-state index contributed by atoms with van der Waals surface area (Å²) in [4.78, 5) is 57.9. The normalized spacial score (nSPS) is 10.3. The monoisotopic (exact) mass is 559 g/mol. The second kappa shape index (κ2) is 11.7. The van der Waals surface area contributed by atoms with E-state index >= 15 is 0 Å². The van der Waals surface area contributed by atoms with Gasteiger partial charge in [0.1, 0.15) is 28.7 Å². The molecule has 0 unspecified atom stereocenters. The van der Waals surface area contributed by atoms with Crippen LogP contribution in [0.4, 0.5) is 5.69 Å². The fourth-order valence-corrected chi connectivity index (χ4v) is 3.50. The molecule has 0 aliphatic carbocycles. The van der Waals surface area contributed by atoms with Gasteiger partial charge in [0, 0.05) is 12.1 Å². The molecular weight excluding hydrogens is 542 g/mol. The molecular formula is C28H17NO12. The van der Waals surface area contributed by atoms with E-state index in [9.17, 15) is 44.6 Å². The van der Waals surface area contributed by atoms with Gasteiger partial charge in [0.05, 0.1) is 27.2 Å². The van der Waals surface area contributed by atoms with Crippen LogP contribution in [0.1, 0.15) is 41.4 Å². The number of carboxylic acid groups (broad SMARTS) is 2. The zero-order chi connectivity index (χ0) is 29.7. The molecule has 13 nitrogen and oxygen atoms in total. The van der Waals surface area contributed by atoms with E-state index in [1.54, 1.807) is 0 Å². The summed E-state index contributed by atoms with van der Waals surface area (Å²) >= 11 is 0. The number of nitro benzene ring substituents is 1. The number of carboxylic acids is 2. The fourth-order valence-electron chi connectivity index (χ4n) is 3.50. The zero-order valence-electron chi connectivity index (χ0n) is 20.5. The van der Waals surface area contributed by atoms with Gasteiger partial charge in [-0.25, -0.2) is 19.2 Å². The number of hydrogen-bond donors (Lipinski definition) is 3. The highest BCUT2D eigenvalue weighted by Gasteiger charge is 2.22. The zero-order valence-corrected chi connectivity index (χ0v) is 20.5. The predicted molar refractivity (Wildman–Crippen MR) is 138 cm³/mol. The number of rotatable bonds is 9. The van der Waals surface area contributed by atoms with Gasteiger partial charge in [0.25, 0.3) is 5.69 Å². The van der Waals surface area contributed by atoms with E-state index in [2.05, 4.69) is 0 Å². The van der Waals surface area contributed by atoms with E-state index in [0.717, 1.165) is 36.4 Å². The van der Waals surface area contributed by atoms with Crippen molar-refractivity contribution >= 4 is 29.6 Å². The third-order valence-corrected chi connectivity index (χ3v) is 5.42. The lowest BCUT2D eigenvalue weighted by Crippen LogP contribution is -2.14. The van der Waals surface area contributed by atoms with E-state index in [-0.39, 0.29) is 28.4 Å². The van der Waals surface area contributed by atoms with Crippen LogP contribution in [0.5, 0.6) is 28.7 Å². The third kappa shape index (κ3) is 6.61. The molecule has 4 aromatic carbocycles. The first-order chi connectivity index (χ1) is 19.5. The Kier molecular flexibility index (Phi) is 7.90. The Balaban J connectivity index is 1.39. The SMILES string of the molecule is O=C(O)c1cc(O)ccc1C(=O)Oc1ccc(Oc2ccc(OC(=O)c3ccc([N+](=O)[O-])cc3C(=O)O)cc2)cc1. The minimum Gasteiger partial charge on any atom is -0.508 e. The van der Waals surface area contributed by atoms with Gasteiger partial charge in [0.15, 0.2) is 0 Å². The summed E-state index contributed by atoms with van der Waals surface area (Å²) in [6, 6.07) is 17.5. The van der Waals surface area contributed by atoms with Crippen LogP contribution < -0.4 is 14.2 Å². The average Bonchev–Trinajstić information content (AvgIpc) is 2.94. The summed E-state index contributed by atoms with van der Waals surface area (Å²) in [6.07, 6.45) is 0. The number of non-ortho nitro benzene ring substituents is 1. The van der Waals surface area contributed by atoms with Crippen molar-refractivity contribution in [3.63, 3.8) is 0 Å². The van der Waals surface area contributed by atoms with E-state index in [1.165, 1.54) is 48.5 Å². The lowest BCUT2D eigenvalue weighted by molar-refractivity contribution is -0.384. The highest BCUT2D eigenvalue weighted by Crippen LogP contribution is 2.27. The first-order valence-corrected chi connectivity index (χ1v) is 11.4. The molecule has 0 amide bonds. The third-order valence-electron chi connectivity index (χ3n) is 5.42. The minimum atomic E-state index is -1.53. The number of hydrogen-bond acceptors (Lipinski definition) is 10. The summed E-state index contributed by atoms with van der Waals surface area (Å²) in [5.74, 6) is -4.42. The van der Waals surface area contributed by atoms with E-state index in [0.29, 0.717) is 11.5 Å². The van der Waals surface area contributed by atoms with Crippen LogP contribution in [-0.2, 0) is 0 Å². The molecule has 0 aromatic heterocycles. The first kappa shape index (κ1) is 27.8. The summed E-state index contributed by atoms with van der Waals surface area (Å²) in [6.45, 7) is 0. The second-order valence-electron chi connectivity index (χ2n) is 8.15. The van der Waals surface area contributed by atoms with Crippen molar-refractivity contribution < 1.29 is 53.6 Å². The van der Waals surface area contributed by atoms with Gasteiger partial charge in [-0.1, -0.05) is 0 Å². The van der Waals surface area contributed by atoms with Gasteiger partial charge in [0.2, 0.25) is 0 Å². The van der Waals surface area contributed by atoms with E-state index < -0.39 is 45.6 Å². The van der Waals surface area contributed by atoms with Gasteiger partial charge in [-0.15, -0.1) is 0 Å². The highest BCUT2D eigenvalue weighted by atomic mass is 16.6. The minimum absolute atomic E-state index is 0.0502. The smallest absolute Gasteiger partial charge is 0.344 e. The number of esters is 2. The van der Waals surface area contributed by atoms with Crippen LogP contribution in [0.3, 0.4) is 0 Å². The van der Waals surface area contributed by atoms with Crippen LogP contribution >= 0.6 is 0 Å². The van der Waals surface area contributed by atoms with Crippen molar-refractivity contribution in [1.29, 1.82) is 0 Å². The number of carbonyl (C=O) groups is 4. The van der Waals surface area contributed by atoms with Crippen LogP contribution in [0.15, 0.2) is 84.9 Å². The summed E-state index contributed by atoms with van der Waals surface area (Å²) in [5, 5.41) is 38.9. The van der Waals surface area contributed by atoms with Crippen LogP contribution in [0.25, 0.3) is 0 Å². The molecule has 13 heteroatoms. The Hall–Kier alpha value is -6.24. The average molecular weight is 559 g/mol. The molecule has 0 radical (unpaired) electrons. The van der Waals surface area contributed by atoms with Crippen molar-refractivity contribution in [2.45, 2.75) is 0 Å². The number of benzene rings is 4. The van der Waals surface area contributed by atoms with Crippen LogP contribution in [0.2, 0.25) is 0 Å². The largest absolute Gasteiger partial charge is 0.508 e. The topological polar surface area (TPSA) is 200 Å². The number of aromatic hydroxyl groups is 1. The number of phenolic OH excluding ortho intramolecular Hbond substituents is 1. The number of aromatic carboxylic acids is 2. The summed E-state index contributed by atoms with van der Waals surface area (Å²) in [7, 11) is 0. The molecule has 4 rings (SSSR count). The van der Waals surface area contributed by atoms with Gasteiger partial charge in [-0.05, 0) is 72.8 Å². The molecule has 0 aliphatic heterocycles. The maximum Gasteiger partial charge on any atom is 0.344 e. The quantitative estimate of drug-likeness (QED) is 0.108. The molecule has 0 saturated carbocycles. The van der Waals surface area contributed by atoms with E-state index in [1.807, 2.05) is 0 Å². The predicted octanol–water partition coefficient (Wildman–Crippen LogP) is 4.93. The number of nitrogens with zero attached hydrogens (tertiary/aromatic N) is 1. The Morgan fingerprint density at radius 3 is 1.44 bits per heavy atom. The highest BCUT2D eigenvalue weighted by molar-refractivity contribution is 6.04. The van der Waals surface area contributed by atoms with Crippen molar-refractivity contribution in [1.82, 2.24) is 0 Å². The summed E-state index contributed by atoms with van der Waals surface area (Å²) in [5.41, 5.74) is -2.10. The maximum atomic E-state index is 12.5. The Morgan fingerprint density at radius 1 is 0.585 bits per heavy atom. The number of ether oxygens (including phenoxy) is 3. The molecule has 0 heterocycles. The number of phenols is 1. The Bertz CT molecular complexity index is 1680. The van der Waals surface area contributed by atoms with Crippen molar-refractivity contribution in [2.75, 3.05) is 0 Å². The summed E-state index contributed by atoms with van der Waals surface area (Å²) < 4.78 is 16.1. The van der Waals surface area contributed by atoms with Crippen molar-refractivity contribution in [3.8, 4) is 28.7 Å². The molecule has 0 bridgehead atoms. The van der Waals surface area contributed by atoms with Gasteiger partial charge in [-0.3, -0.25) is 10.1 Å². The molecule has 0 saturated heterocycles. The fraction of sp³-hybridized carbons (Fsp3) is 0. The van der Waals surface area contributed by atoms with Crippen LogP contribution in [-0.4, -0.2) is 44.1 Å².